The average molecular weight is 425 g/mol. The van der Waals surface area contributed by atoms with Crippen molar-refractivity contribution in [1.82, 2.24) is 14.7 Å². The number of anilines is 1. The van der Waals surface area contributed by atoms with E-state index in [1.165, 1.54) is 10.2 Å². The minimum atomic E-state index is -0.300. The van der Waals surface area contributed by atoms with Crippen LogP contribution in [0.1, 0.15) is 16.7 Å². The number of hydrogen-bond donors (Lipinski definition) is 1. The Morgan fingerprint density at radius 3 is 2.33 bits per heavy atom. The minimum Gasteiger partial charge on any atom is -0.379 e. The van der Waals surface area contributed by atoms with Gasteiger partial charge in [0.1, 0.15) is 5.02 Å². The van der Waals surface area contributed by atoms with E-state index in [-0.39, 0.29) is 10.6 Å². The maximum Gasteiger partial charge on any atom is 0.287 e. The zero-order chi connectivity index (χ0) is 20.8. The third-order valence-corrected chi connectivity index (χ3v) is 5.54. The van der Waals surface area contributed by atoms with Gasteiger partial charge in [-0.05, 0) is 16.7 Å². The van der Waals surface area contributed by atoms with E-state index in [0.29, 0.717) is 18.8 Å². The highest BCUT2D eigenvalue weighted by molar-refractivity contribution is 6.32. The van der Waals surface area contributed by atoms with Crippen LogP contribution in [0.5, 0.6) is 0 Å². The molecule has 2 heterocycles. The van der Waals surface area contributed by atoms with Crippen molar-refractivity contribution in [3.63, 3.8) is 0 Å². The number of rotatable bonds is 7. The molecule has 2 aromatic carbocycles. The Morgan fingerprint density at radius 2 is 1.60 bits per heavy atom. The molecule has 0 unspecified atom stereocenters. The third-order valence-electron chi connectivity index (χ3n) is 5.18. The first kappa shape index (κ1) is 20.6. The van der Waals surface area contributed by atoms with Crippen LogP contribution in [0.25, 0.3) is 0 Å². The molecule has 7 heteroatoms. The van der Waals surface area contributed by atoms with Crippen LogP contribution in [0, 0.1) is 0 Å². The van der Waals surface area contributed by atoms with Gasteiger partial charge in [0, 0.05) is 26.2 Å². The Bertz CT molecular complexity index is 1020. The zero-order valence-electron chi connectivity index (χ0n) is 16.8. The quantitative estimate of drug-likeness (QED) is 0.630. The smallest absolute Gasteiger partial charge is 0.287 e. The van der Waals surface area contributed by atoms with Crippen LogP contribution in [0.4, 0.5) is 5.69 Å². The second-order valence-electron chi connectivity index (χ2n) is 7.38. The summed E-state index contributed by atoms with van der Waals surface area (Å²) in [5.74, 6) is 0. The summed E-state index contributed by atoms with van der Waals surface area (Å²) in [7, 11) is 0. The molecule has 1 aliphatic heterocycles. The summed E-state index contributed by atoms with van der Waals surface area (Å²) in [5, 5.41) is 7.65. The molecule has 0 bridgehead atoms. The topological polar surface area (TPSA) is 59.4 Å². The molecule has 0 saturated carbocycles. The first-order valence-electron chi connectivity index (χ1n) is 10.1. The van der Waals surface area contributed by atoms with Gasteiger partial charge in [0.15, 0.2) is 0 Å². The van der Waals surface area contributed by atoms with E-state index < -0.39 is 0 Å². The van der Waals surface area contributed by atoms with Crippen molar-refractivity contribution in [2.75, 3.05) is 31.6 Å². The van der Waals surface area contributed by atoms with Crippen molar-refractivity contribution in [3.05, 3.63) is 92.9 Å². The van der Waals surface area contributed by atoms with Crippen LogP contribution in [0.2, 0.25) is 5.02 Å². The van der Waals surface area contributed by atoms with Crippen molar-refractivity contribution in [2.45, 2.75) is 19.6 Å². The number of nitrogens with zero attached hydrogens (tertiary/aromatic N) is 3. The summed E-state index contributed by atoms with van der Waals surface area (Å²) in [6.45, 7) is 5.47. The highest BCUT2D eigenvalue weighted by atomic mass is 35.5. The Kier molecular flexibility index (Phi) is 6.79. The molecular weight excluding hydrogens is 400 g/mol. The first-order chi connectivity index (χ1) is 14.7. The molecule has 1 saturated heterocycles. The molecule has 3 aromatic rings. The molecule has 0 aliphatic carbocycles. The van der Waals surface area contributed by atoms with E-state index in [1.54, 1.807) is 6.20 Å². The van der Waals surface area contributed by atoms with E-state index in [2.05, 4.69) is 39.6 Å². The largest absolute Gasteiger partial charge is 0.379 e. The highest BCUT2D eigenvalue weighted by Crippen LogP contribution is 2.17. The first-order valence-corrected chi connectivity index (χ1v) is 10.5. The third kappa shape index (κ3) is 5.27. The molecule has 1 aromatic heterocycles. The lowest BCUT2D eigenvalue weighted by molar-refractivity contribution is 0.0342. The number of ether oxygens (including phenoxy) is 1. The molecule has 1 aliphatic rings. The van der Waals surface area contributed by atoms with Gasteiger partial charge in [-0.1, -0.05) is 66.2 Å². The van der Waals surface area contributed by atoms with Crippen LogP contribution in [-0.4, -0.2) is 41.0 Å². The van der Waals surface area contributed by atoms with Crippen LogP contribution < -0.4 is 10.9 Å². The van der Waals surface area contributed by atoms with Gasteiger partial charge in [-0.3, -0.25) is 9.69 Å². The highest BCUT2D eigenvalue weighted by Gasteiger charge is 2.11. The lowest BCUT2D eigenvalue weighted by Gasteiger charge is -2.26. The molecule has 1 N–H and O–H groups in total. The number of nitrogens with one attached hydrogen (secondary N) is 1. The van der Waals surface area contributed by atoms with Gasteiger partial charge in [0.2, 0.25) is 0 Å². The number of benzene rings is 2. The number of aromatic nitrogens is 2. The van der Waals surface area contributed by atoms with Crippen molar-refractivity contribution in [1.29, 1.82) is 0 Å². The van der Waals surface area contributed by atoms with Crippen molar-refractivity contribution < 1.29 is 4.74 Å². The molecule has 6 nitrogen and oxygen atoms in total. The molecule has 156 valence electrons. The maximum atomic E-state index is 12.6. The minimum absolute atomic E-state index is 0.157. The molecule has 30 heavy (non-hydrogen) atoms. The monoisotopic (exact) mass is 424 g/mol. The Balaban J connectivity index is 1.36. The average Bonchev–Trinajstić information content (AvgIpc) is 2.79. The maximum absolute atomic E-state index is 12.6. The number of hydrogen-bond acceptors (Lipinski definition) is 5. The molecule has 1 fully saturated rings. The van der Waals surface area contributed by atoms with E-state index >= 15 is 0 Å². The summed E-state index contributed by atoms with van der Waals surface area (Å²) in [6, 6.07) is 18.2. The summed E-state index contributed by atoms with van der Waals surface area (Å²) in [5.41, 5.74) is 3.64. The van der Waals surface area contributed by atoms with E-state index in [0.717, 1.165) is 44.0 Å². The van der Waals surface area contributed by atoms with Crippen molar-refractivity contribution >= 4 is 17.3 Å². The van der Waals surface area contributed by atoms with Gasteiger partial charge in [-0.2, -0.15) is 5.10 Å². The summed E-state index contributed by atoms with van der Waals surface area (Å²) >= 11 is 6.31. The second kappa shape index (κ2) is 9.89. The Morgan fingerprint density at radius 1 is 0.933 bits per heavy atom. The normalized spacial score (nSPS) is 14.6. The lowest BCUT2D eigenvalue weighted by atomic mass is 10.1. The Hall–Kier alpha value is -2.67. The molecule has 0 amide bonds. The van der Waals surface area contributed by atoms with Crippen molar-refractivity contribution in [2.24, 2.45) is 0 Å². The van der Waals surface area contributed by atoms with Crippen LogP contribution >= 0.6 is 11.6 Å². The van der Waals surface area contributed by atoms with Crippen molar-refractivity contribution in [3.8, 4) is 0 Å². The zero-order valence-corrected chi connectivity index (χ0v) is 17.5. The SMILES string of the molecule is O=c1c(Cl)c(NCc2ccc(CN3CCOCC3)cc2)cnn1Cc1ccccc1. The molecule has 4 rings (SSSR count). The van der Waals surface area contributed by atoms with Crippen LogP contribution in [0.15, 0.2) is 65.6 Å². The van der Waals surface area contributed by atoms with E-state index in [9.17, 15) is 4.79 Å². The van der Waals surface area contributed by atoms with Gasteiger partial charge in [0.25, 0.3) is 5.56 Å². The standard InChI is InChI=1S/C23H25ClN4O2/c24-22-21(15-26-28(23(22)29)17-19-4-2-1-3-5-19)25-14-18-6-8-20(9-7-18)16-27-10-12-30-13-11-27/h1-9,15,25H,10-14,16-17H2. The van der Waals surface area contributed by atoms with Gasteiger partial charge < -0.3 is 10.1 Å². The van der Waals surface area contributed by atoms with Gasteiger partial charge >= 0.3 is 0 Å². The fourth-order valence-electron chi connectivity index (χ4n) is 3.43. The number of halogens is 1. The Labute approximate surface area is 181 Å². The van der Waals surface area contributed by atoms with Crippen LogP contribution in [-0.2, 0) is 24.4 Å². The predicted octanol–water partition coefficient (Wildman–Crippen LogP) is 3.39. The molecular formula is C23H25ClN4O2. The van der Waals surface area contributed by atoms with Crippen LogP contribution in [0.3, 0.4) is 0 Å². The predicted molar refractivity (Wildman–Crippen MR) is 119 cm³/mol. The molecule has 0 atom stereocenters. The van der Waals surface area contributed by atoms with Gasteiger partial charge in [-0.25, -0.2) is 4.68 Å². The molecule has 0 radical (unpaired) electrons. The fraction of sp³-hybridized carbons (Fsp3) is 0.304. The van der Waals surface area contributed by atoms with Gasteiger partial charge in [0.05, 0.1) is 31.6 Å². The lowest BCUT2D eigenvalue weighted by Crippen LogP contribution is -2.35. The summed E-state index contributed by atoms with van der Waals surface area (Å²) < 4.78 is 6.77. The second-order valence-corrected chi connectivity index (χ2v) is 7.76. The fourth-order valence-corrected chi connectivity index (χ4v) is 3.65. The summed E-state index contributed by atoms with van der Waals surface area (Å²) in [6.07, 6.45) is 1.61. The number of morpholine rings is 1. The summed E-state index contributed by atoms with van der Waals surface area (Å²) in [4.78, 5) is 14.9. The van der Waals surface area contributed by atoms with E-state index in [1.807, 2.05) is 30.3 Å². The van der Waals surface area contributed by atoms with Gasteiger partial charge in [-0.15, -0.1) is 0 Å². The van der Waals surface area contributed by atoms with E-state index in [4.69, 9.17) is 16.3 Å². The molecule has 0 spiro atoms.